The van der Waals surface area contributed by atoms with E-state index < -0.39 is 17.6 Å². The predicted octanol–water partition coefficient (Wildman–Crippen LogP) is -1.63. The van der Waals surface area contributed by atoms with Gasteiger partial charge in [0.1, 0.15) is 0 Å². The molecular formula is C6H9NO3. The molecule has 1 amide bonds. The molecule has 3 N–H and O–H groups in total. The Balaban J connectivity index is 2.34. The van der Waals surface area contributed by atoms with Crippen LogP contribution in [-0.2, 0) is 4.79 Å². The molecule has 2 aliphatic rings. The van der Waals surface area contributed by atoms with E-state index in [-0.39, 0.29) is 6.04 Å². The number of carbonyl (C=O) groups excluding carboxylic acids is 1. The number of carbonyl (C=O) groups is 1. The standard InChI is InChI=1S/C6H9NO3/c8-4-1-3-2-6(4,10)5(9)7-3/h3-4,8,10H,1-2H2,(H,7,9)/t3-,4-,6+/m1/s1. The lowest BCUT2D eigenvalue weighted by Crippen LogP contribution is -2.50. The Hall–Kier alpha value is -0.610. The third-order valence-electron chi connectivity index (χ3n) is 2.35. The maximum atomic E-state index is 10.8. The molecule has 56 valence electrons. The molecule has 4 nitrogen and oxygen atoms in total. The lowest BCUT2D eigenvalue weighted by Gasteiger charge is -2.23. The Morgan fingerprint density at radius 3 is 2.70 bits per heavy atom. The van der Waals surface area contributed by atoms with Crippen LogP contribution in [0, 0.1) is 0 Å². The van der Waals surface area contributed by atoms with Crippen LogP contribution in [0.25, 0.3) is 0 Å². The molecule has 2 rings (SSSR count). The van der Waals surface area contributed by atoms with Gasteiger partial charge in [0, 0.05) is 12.5 Å². The molecule has 0 spiro atoms. The van der Waals surface area contributed by atoms with Crippen LogP contribution in [0.1, 0.15) is 12.8 Å². The van der Waals surface area contributed by atoms with Gasteiger partial charge in [-0.25, -0.2) is 0 Å². The Labute approximate surface area is 57.9 Å². The van der Waals surface area contributed by atoms with Crippen LogP contribution in [0.15, 0.2) is 0 Å². The molecule has 2 fully saturated rings. The van der Waals surface area contributed by atoms with Gasteiger partial charge in [0.2, 0.25) is 0 Å². The molecule has 1 heterocycles. The number of hydrogen-bond donors (Lipinski definition) is 3. The fourth-order valence-corrected chi connectivity index (χ4v) is 1.72. The summed E-state index contributed by atoms with van der Waals surface area (Å²) in [6.45, 7) is 0. The van der Waals surface area contributed by atoms with Gasteiger partial charge in [-0.1, -0.05) is 0 Å². The zero-order valence-electron chi connectivity index (χ0n) is 5.37. The molecule has 0 aromatic heterocycles. The summed E-state index contributed by atoms with van der Waals surface area (Å²) in [6, 6.07) is -0.00694. The van der Waals surface area contributed by atoms with Crippen molar-refractivity contribution in [2.45, 2.75) is 30.6 Å². The minimum atomic E-state index is -1.47. The molecule has 4 heteroatoms. The van der Waals surface area contributed by atoms with Gasteiger partial charge in [-0.3, -0.25) is 4.79 Å². The van der Waals surface area contributed by atoms with E-state index in [2.05, 4.69) is 5.32 Å². The highest BCUT2D eigenvalue weighted by molar-refractivity contribution is 5.89. The summed E-state index contributed by atoms with van der Waals surface area (Å²) in [5.74, 6) is -0.420. The van der Waals surface area contributed by atoms with E-state index in [0.29, 0.717) is 12.8 Å². The van der Waals surface area contributed by atoms with Crippen molar-refractivity contribution in [3.05, 3.63) is 0 Å². The summed E-state index contributed by atoms with van der Waals surface area (Å²) in [7, 11) is 0. The summed E-state index contributed by atoms with van der Waals surface area (Å²) in [6.07, 6.45) is 0.00106. The van der Waals surface area contributed by atoms with Gasteiger partial charge in [-0.15, -0.1) is 0 Å². The van der Waals surface area contributed by atoms with Crippen LogP contribution >= 0.6 is 0 Å². The SMILES string of the molecule is O=C1N[C@@H]2C[C@@H](O)[C@@]1(O)C2. The Morgan fingerprint density at radius 2 is 2.40 bits per heavy atom. The first-order valence-corrected chi connectivity index (χ1v) is 3.34. The molecule has 1 aliphatic carbocycles. The first-order chi connectivity index (χ1) is 4.63. The molecule has 1 saturated carbocycles. The van der Waals surface area contributed by atoms with Gasteiger partial charge in [0.05, 0.1) is 6.10 Å². The number of fused-ring (bicyclic) bond motifs is 2. The fourth-order valence-electron chi connectivity index (χ4n) is 1.72. The normalized spacial score (nSPS) is 51.6. The zero-order chi connectivity index (χ0) is 7.35. The fraction of sp³-hybridized carbons (Fsp3) is 0.833. The third-order valence-corrected chi connectivity index (χ3v) is 2.35. The van der Waals surface area contributed by atoms with Crippen LogP contribution in [0.5, 0.6) is 0 Å². The van der Waals surface area contributed by atoms with Crippen molar-refractivity contribution in [3.8, 4) is 0 Å². The topological polar surface area (TPSA) is 69.6 Å². The Kier molecular flexibility index (Phi) is 0.928. The predicted molar refractivity (Wildman–Crippen MR) is 32.1 cm³/mol. The Morgan fingerprint density at radius 1 is 1.70 bits per heavy atom. The molecule has 0 unspecified atom stereocenters. The third kappa shape index (κ3) is 0.507. The maximum Gasteiger partial charge on any atom is 0.254 e. The zero-order valence-corrected chi connectivity index (χ0v) is 5.37. The second-order valence-electron chi connectivity index (χ2n) is 3.05. The van der Waals surface area contributed by atoms with Gasteiger partial charge in [0.25, 0.3) is 5.91 Å². The lowest BCUT2D eigenvalue weighted by atomic mass is 10.0. The summed E-state index contributed by atoms with van der Waals surface area (Å²) >= 11 is 0. The average molecular weight is 143 g/mol. The van der Waals surface area contributed by atoms with Crippen molar-refractivity contribution >= 4 is 5.91 Å². The summed E-state index contributed by atoms with van der Waals surface area (Å²) in [5.41, 5.74) is -1.47. The van der Waals surface area contributed by atoms with E-state index in [9.17, 15) is 9.90 Å². The van der Waals surface area contributed by atoms with Gasteiger partial charge in [-0.05, 0) is 6.42 Å². The number of aliphatic hydroxyl groups excluding tert-OH is 1. The lowest BCUT2D eigenvalue weighted by molar-refractivity contribution is -0.146. The van der Waals surface area contributed by atoms with Crippen LogP contribution in [-0.4, -0.2) is 33.9 Å². The second kappa shape index (κ2) is 1.52. The smallest absolute Gasteiger partial charge is 0.254 e. The molecule has 1 aliphatic heterocycles. The van der Waals surface area contributed by atoms with Crippen LogP contribution in [0.3, 0.4) is 0 Å². The largest absolute Gasteiger partial charge is 0.389 e. The quantitative estimate of drug-likeness (QED) is 0.381. The molecule has 3 atom stereocenters. The van der Waals surface area contributed by atoms with Crippen LogP contribution < -0.4 is 5.32 Å². The number of piperidine rings is 1. The highest BCUT2D eigenvalue weighted by Gasteiger charge is 2.57. The van der Waals surface area contributed by atoms with E-state index in [1.54, 1.807) is 0 Å². The summed E-state index contributed by atoms with van der Waals surface area (Å²) in [4.78, 5) is 10.8. The van der Waals surface area contributed by atoms with Crippen LogP contribution in [0.2, 0.25) is 0 Å². The number of aliphatic hydroxyl groups is 2. The van der Waals surface area contributed by atoms with Gasteiger partial charge >= 0.3 is 0 Å². The molecule has 0 radical (unpaired) electrons. The van der Waals surface area contributed by atoms with Gasteiger partial charge < -0.3 is 15.5 Å². The average Bonchev–Trinajstić information content (AvgIpc) is 2.20. The maximum absolute atomic E-state index is 10.8. The number of nitrogens with one attached hydrogen (secondary N) is 1. The minimum Gasteiger partial charge on any atom is -0.389 e. The Bertz CT molecular complexity index is 193. The summed E-state index contributed by atoms with van der Waals surface area (Å²) < 4.78 is 0. The van der Waals surface area contributed by atoms with Gasteiger partial charge in [-0.2, -0.15) is 0 Å². The van der Waals surface area contributed by atoms with E-state index in [0.717, 1.165) is 0 Å². The van der Waals surface area contributed by atoms with E-state index in [1.165, 1.54) is 0 Å². The van der Waals surface area contributed by atoms with E-state index >= 15 is 0 Å². The molecule has 0 aromatic rings. The van der Waals surface area contributed by atoms with E-state index in [1.807, 2.05) is 0 Å². The first kappa shape index (κ1) is 6.12. The second-order valence-corrected chi connectivity index (χ2v) is 3.05. The van der Waals surface area contributed by atoms with Gasteiger partial charge in [0.15, 0.2) is 5.60 Å². The molecule has 1 saturated heterocycles. The highest BCUT2D eigenvalue weighted by atomic mass is 16.4. The highest BCUT2D eigenvalue weighted by Crippen LogP contribution is 2.35. The number of amides is 1. The van der Waals surface area contributed by atoms with Crippen molar-refractivity contribution in [2.24, 2.45) is 0 Å². The van der Waals surface area contributed by atoms with Crippen molar-refractivity contribution in [2.75, 3.05) is 0 Å². The van der Waals surface area contributed by atoms with Crippen molar-refractivity contribution in [1.82, 2.24) is 5.32 Å². The van der Waals surface area contributed by atoms with Crippen molar-refractivity contribution in [3.63, 3.8) is 0 Å². The van der Waals surface area contributed by atoms with Crippen molar-refractivity contribution in [1.29, 1.82) is 0 Å². The minimum absolute atomic E-state index is 0.00694. The molecule has 0 aromatic carbocycles. The molecular weight excluding hydrogens is 134 g/mol. The summed E-state index contributed by atoms with van der Waals surface area (Å²) in [5, 5.41) is 21.1. The molecule has 2 bridgehead atoms. The van der Waals surface area contributed by atoms with Crippen molar-refractivity contribution < 1.29 is 15.0 Å². The number of hydrogen-bond acceptors (Lipinski definition) is 3. The van der Waals surface area contributed by atoms with E-state index in [4.69, 9.17) is 5.11 Å². The van der Waals surface area contributed by atoms with Crippen LogP contribution in [0.4, 0.5) is 0 Å². The first-order valence-electron chi connectivity index (χ1n) is 3.34. The molecule has 10 heavy (non-hydrogen) atoms. The number of rotatable bonds is 0. The monoisotopic (exact) mass is 143 g/mol.